The number of fused-ring (bicyclic) bond motifs is 1. The monoisotopic (exact) mass is 435 g/mol. The van der Waals surface area contributed by atoms with E-state index in [9.17, 15) is 0 Å². The second-order valence-electron chi connectivity index (χ2n) is 6.98. The number of anilines is 1. The largest absolute Gasteiger partial charge is 0.454 e. The normalized spacial score (nSPS) is 14.5. The van der Waals surface area contributed by atoms with Crippen LogP contribution in [-0.2, 0) is 0 Å². The number of hydrogen-bond donors (Lipinski definition) is 1. The second-order valence-corrected chi connectivity index (χ2v) is 7.42. The summed E-state index contributed by atoms with van der Waals surface area (Å²) >= 11 is 6.07. The first-order chi connectivity index (χ1) is 15.0. The molecule has 1 N–H and O–H groups in total. The van der Waals surface area contributed by atoms with Gasteiger partial charge in [-0.25, -0.2) is 0 Å². The number of nitrogens with one attached hydrogen (secondary N) is 1. The molecule has 0 amide bonds. The van der Waals surface area contributed by atoms with Gasteiger partial charge in [0.1, 0.15) is 5.71 Å². The van der Waals surface area contributed by atoms with Gasteiger partial charge in [-0.1, -0.05) is 48.5 Å². The van der Waals surface area contributed by atoms with E-state index in [1.807, 2.05) is 55.5 Å². The van der Waals surface area contributed by atoms with Crippen molar-refractivity contribution in [3.8, 4) is 11.5 Å². The molecule has 1 aliphatic rings. The van der Waals surface area contributed by atoms with Crippen LogP contribution >= 0.6 is 11.6 Å². The molecule has 2 aromatic rings. The summed E-state index contributed by atoms with van der Waals surface area (Å²) < 4.78 is 10.9. The minimum absolute atomic E-state index is 0.0838. The van der Waals surface area contributed by atoms with Crippen molar-refractivity contribution in [2.24, 2.45) is 10.2 Å². The van der Waals surface area contributed by atoms with Gasteiger partial charge >= 0.3 is 0 Å². The zero-order valence-corrected chi connectivity index (χ0v) is 18.5. The third-order valence-corrected chi connectivity index (χ3v) is 5.11. The molecule has 0 aliphatic carbocycles. The first-order valence-electron chi connectivity index (χ1n) is 10.00. The van der Waals surface area contributed by atoms with Crippen LogP contribution in [0.5, 0.6) is 11.5 Å². The van der Waals surface area contributed by atoms with Crippen LogP contribution in [0.15, 0.2) is 88.6 Å². The lowest BCUT2D eigenvalue weighted by Gasteiger charge is -2.22. The number of ether oxygens (including phenoxy) is 2. The molecule has 2 aromatic carbocycles. The Hall–Kier alpha value is -3.31. The summed E-state index contributed by atoms with van der Waals surface area (Å²) in [5, 5.41) is 12.3. The molecule has 160 valence electrons. The van der Waals surface area contributed by atoms with Crippen LogP contribution < -0.4 is 14.8 Å². The van der Waals surface area contributed by atoms with Crippen molar-refractivity contribution in [1.82, 2.24) is 0 Å². The Morgan fingerprint density at radius 1 is 1.19 bits per heavy atom. The Kier molecular flexibility index (Phi) is 7.68. The van der Waals surface area contributed by atoms with E-state index < -0.39 is 0 Å². The van der Waals surface area contributed by atoms with Crippen LogP contribution in [0.2, 0.25) is 5.02 Å². The lowest BCUT2D eigenvalue weighted by molar-refractivity contribution is 0.174. The van der Waals surface area contributed by atoms with Crippen LogP contribution in [-0.4, -0.2) is 25.3 Å². The predicted molar refractivity (Wildman–Crippen MR) is 130 cm³/mol. The molecule has 0 fully saturated rings. The maximum Gasteiger partial charge on any atom is 0.231 e. The Morgan fingerprint density at radius 3 is 2.65 bits per heavy atom. The van der Waals surface area contributed by atoms with Gasteiger partial charge in [-0.3, -0.25) is 0 Å². The molecule has 5 nitrogen and oxygen atoms in total. The highest BCUT2D eigenvalue weighted by Gasteiger charge is 2.19. The molecular weight excluding hydrogens is 410 g/mol. The van der Waals surface area contributed by atoms with E-state index in [1.165, 1.54) is 0 Å². The molecule has 6 heteroatoms. The molecular formula is C25H26ClN3O2. The highest BCUT2D eigenvalue weighted by atomic mass is 35.5. The zero-order chi connectivity index (χ0) is 22.2. The number of benzene rings is 2. The maximum atomic E-state index is 6.07. The molecule has 0 bridgehead atoms. The van der Waals surface area contributed by atoms with E-state index in [-0.39, 0.29) is 12.8 Å². The molecule has 0 saturated carbocycles. The van der Waals surface area contributed by atoms with Gasteiger partial charge in [0.2, 0.25) is 6.79 Å². The number of rotatable bonds is 9. The maximum absolute atomic E-state index is 6.07. The Bertz CT molecular complexity index is 1040. The molecule has 1 heterocycles. The average Bonchev–Trinajstić information content (AvgIpc) is 3.24. The van der Waals surface area contributed by atoms with E-state index in [0.29, 0.717) is 10.7 Å². The summed E-state index contributed by atoms with van der Waals surface area (Å²) in [5.41, 5.74) is 4.27. The molecule has 0 radical (unpaired) electrons. The van der Waals surface area contributed by atoms with Crippen molar-refractivity contribution in [3.05, 3.63) is 89.0 Å². The molecule has 31 heavy (non-hydrogen) atoms. The fraction of sp³-hybridized carbons (Fsp3) is 0.200. The van der Waals surface area contributed by atoms with Crippen LogP contribution in [0.3, 0.4) is 0 Å². The molecule has 0 saturated heterocycles. The first-order valence-corrected chi connectivity index (χ1v) is 10.4. The van der Waals surface area contributed by atoms with Crippen molar-refractivity contribution in [1.29, 1.82) is 0 Å². The zero-order valence-electron chi connectivity index (χ0n) is 17.8. The summed E-state index contributed by atoms with van der Waals surface area (Å²) in [5.74, 6) is 1.48. The Morgan fingerprint density at radius 2 is 1.94 bits per heavy atom. The highest BCUT2D eigenvalue weighted by molar-refractivity contribution is 6.30. The van der Waals surface area contributed by atoms with Crippen molar-refractivity contribution in [2.75, 3.05) is 12.1 Å². The number of allylic oxidation sites excluding steroid dienone is 3. The number of nitrogens with zero attached hydrogens (tertiary/aromatic N) is 2. The van der Waals surface area contributed by atoms with Crippen LogP contribution in [0.1, 0.15) is 25.8 Å². The summed E-state index contributed by atoms with van der Waals surface area (Å²) in [6.45, 7) is 12.2. The smallest absolute Gasteiger partial charge is 0.231 e. The van der Waals surface area contributed by atoms with Crippen molar-refractivity contribution >= 4 is 29.7 Å². The second kappa shape index (κ2) is 10.6. The minimum atomic E-state index is -0.0838. The molecule has 3 rings (SSSR count). The van der Waals surface area contributed by atoms with Gasteiger partial charge in [0.15, 0.2) is 11.5 Å². The van der Waals surface area contributed by atoms with E-state index in [0.717, 1.165) is 40.3 Å². The average molecular weight is 436 g/mol. The third kappa shape index (κ3) is 5.64. The van der Waals surface area contributed by atoms with Gasteiger partial charge < -0.3 is 14.8 Å². The van der Waals surface area contributed by atoms with E-state index in [2.05, 4.69) is 47.9 Å². The molecule has 0 spiro atoms. The molecule has 0 aromatic heterocycles. The summed E-state index contributed by atoms with van der Waals surface area (Å²) in [6.07, 6.45) is 6.92. The van der Waals surface area contributed by atoms with Gasteiger partial charge in [0, 0.05) is 40.7 Å². The summed E-state index contributed by atoms with van der Waals surface area (Å²) in [6, 6.07) is 13.2. The number of halogens is 1. The van der Waals surface area contributed by atoms with E-state index in [4.69, 9.17) is 21.1 Å². The molecule has 1 atom stereocenters. The van der Waals surface area contributed by atoms with Crippen molar-refractivity contribution in [3.63, 3.8) is 0 Å². The van der Waals surface area contributed by atoms with Gasteiger partial charge in [-0.05, 0) is 50.1 Å². The van der Waals surface area contributed by atoms with Crippen molar-refractivity contribution in [2.45, 2.75) is 26.3 Å². The van der Waals surface area contributed by atoms with E-state index >= 15 is 0 Å². The van der Waals surface area contributed by atoms with Crippen molar-refractivity contribution < 1.29 is 9.47 Å². The van der Waals surface area contributed by atoms with Gasteiger partial charge in [-0.15, -0.1) is 0 Å². The molecule has 1 aliphatic heterocycles. The van der Waals surface area contributed by atoms with Crippen LogP contribution in [0.4, 0.5) is 5.69 Å². The van der Waals surface area contributed by atoms with E-state index in [1.54, 1.807) is 0 Å². The lowest BCUT2D eigenvalue weighted by Crippen LogP contribution is -2.22. The third-order valence-electron chi connectivity index (χ3n) is 4.86. The van der Waals surface area contributed by atoms with Crippen LogP contribution in [0.25, 0.3) is 0 Å². The molecule has 1 unspecified atom stereocenters. The topological polar surface area (TPSA) is 55.2 Å². The quantitative estimate of drug-likeness (QED) is 0.214. The fourth-order valence-corrected chi connectivity index (χ4v) is 3.33. The van der Waals surface area contributed by atoms with Gasteiger partial charge in [0.25, 0.3) is 0 Å². The minimum Gasteiger partial charge on any atom is -0.454 e. The fourth-order valence-electron chi connectivity index (χ4n) is 3.20. The Labute approximate surface area is 188 Å². The SMILES string of the molecule is C=N/N=C(\C(=C\C/C=C\C)C(=C)C(C)Nc1ccc2c(c1)OCO2)c1ccc(Cl)cc1. The Balaban J connectivity index is 1.89. The lowest BCUT2D eigenvalue weighted by atomic mass is 9.92. The standard InChI is InChI=1S/C25H26ClN3O2/c1-5-6-7-8-22(25(29-27-4)19-9-11-20(26)12-10-19)17(2)18(3)28-21-13-14-23-24(15-21)31-16-30-23/h5-6,8-15,18,28H,2,4,7,16H2,1,3H3/b6-5-,22-8+,29-25-. The van der Waals surface area contributed by atoms with Gasteiger partial charge in [-0.2, -0.15) is 10.2 Å². The van der Waals surface area contributed by atoms with Crippen LogP contribution in [0, 0.1) is 0 Å². The first kappa shape index (κ1) is 22.4. The highest BCUT2D eigenvalue weighted by Crippen LogP contribution is 2.35. The summed E-state index contributed by atoms with van der Waals surface area (Å²) in [4.78, 5) is 0. The number of hydrogen-bond acceptors (Lipinski definition) is 5. The van der Waals surface area contributed by atoms with Gasteiger partial charge in [0.05, 0.1) is 0 Å². The summed E-state index contributed by atoms with van der Waals surface area (Å²) in [7, 11) is 0. The predicted octanol–water partition coefficient (Wildman–Crippen LogP) is 6.42.